The van der Waals surface area contributed by atoms with E-state index in [4.69, 9.17) is 11.6 Å². The number of rotatable bonds is 0. The first-order valence-electron chi connectivity index (χ1n) is 1.33. The van der Waals surface area contributed by atoms with E-state index in [1.54, 1.807) is 0 Å². The van der Waals surface area contributed by atoms with Gasteiger partial charge in [0.15, 0.2) is 11.4 Å². The molecule has 0 atom stereocenters. The van der Waals surface area contributed by atoms with Crippen molar-refractivity contribution >= 4 is 11.6 Å². The fourth-order valence-electron chi connectivity index (χ4n) is 0.154. The Labute approximate surface area is 39.4 Å². The lowest BCUT2D eigenvalue weighted by Crippen LogP contribution is -1.99. The Morgan fingerprint density at radius 2 is 2.67 bits per heavy atom. The van der Waals surface area contributed by atoms with Crippen molar-refractivity contribution in [1.82, 2.24) is 5.48 Å². The molecule has 0 aliphatic carbocycles. The van der Waals surface area contributed by atoms with Crippen LogP contribution >= 0.6 is 11.6 Å². The van der Waals surface area contributed by atoms with Crippen LogP contribution in [0.4, 0.5) is 0 Å². The van der Waals surface area contributed by atoms with Gasteiger partial charge in [0.25, 0.3) is 0 Å². The van der Waals surface area contributed by atoms with Gasteiger partial charge in [-0.05, 0) is 0 Å². The van der Waals surface area contributed by atoms with Gasteiger partial charge in [0.05, 0.1) is 0 Å². The second kappa shape index (κ2) is 1.36. The normalized spacial score (nSPS) is 18.5. The quantitative estimate of drug-likeness (QED) is 0.361. The van der Waals surface area contributed by atoms with Crippen molar-refractivity contribution in [2.75, 3.05) is 0 Å². The second-order valence-electron chi connectivity index (χ2n) is 0.747. The van der Waals surface area contributed by atoms with E-state index >= 15 is 0 Å². The van der Waals surface area contributed by atoms with Gasteiger partial charge >= 0.3 is 0 Å². The molecule has 0 saturated heterocycles. The third-order valence-electron chi connectivity index (χ3n) is 0.339. The zero-order valence-corrected chi connectivity index (χ0v) is 3.53. The predicted molar refractivity (Wildman–Crippen MR) is 19.2 cm³/mol. The Balaban J connectivity index is 2.45. The summed E-state index contributed by atoms with van der Waals surface area (Å²) < 4.78 is 0. The Bertz CT molecular complexity index is 81.6. The molecule has 34 valence electrons. The molecule has 0 spiro atoms. The molecule has 1 N–H and O–H groups in total. The van der Waals surface area contributed by atoms with Crippen molar-refractivity contribution in [2.45, 2.75) is 0 Å². The first-order chi connectivity index (χ1) is 2.89. The minimum atomic E-state index is 0.356. The lowest BCUT2D eigenvalue weighted by molar-refractivity contribution is -0.265. The molecule has 3 nitrogen and oxygen atoms in total. The highest BCUT2D eigenvalue weighted by Crippen LogP contribution is 2.01. The molecule has 0 saturated carbocycles. The molecule has 1 aliphatic rings. The summed E-state index contributed by atoms with van der Waals surface area (Å²) in [6.07, 6.45) is 1.25. The molecular weight excluding hydrogens is 105 g/mol. The van der Waals surface area contributed by atoms with Crippen LogP contribution in [0.5, 0.6) is 0 Å². The van der Waals surface area contributed by atoms with Crippen molar-refractivity contribution in [3.63, 3.8) is 0 Å². The van der Waals surface area contributed by atoms with E-state index in [2.05, 4.69) is 15.4 Å². The van der Waals surface area contributed by atoms with E-state index in [9.17, 15) is 0 Å². The van der Waals surface area contributed by atoms with E-state index in [1.165, 1.54) is 6.26 Å². The number of halogens is 1. The largest absolute Gasteiger partial charge is 0.319 e. The van der Waals surface area contributed by atoms with Crippen LogP contribution in [-0.2, 0) is 9.88 Å². The van der Waals surface area contributed by atoms with Crippen LogP contribution in [0, 0.1) is 0 Å². The minimum Gasteiger partial charge on any atom is -0.319 e. The summed E-state index contributed by atoms with van der Waals surface area (Å²) in [6, 6.07) is 0. The zero-order chi connectivity index (χ0) is 4.41. The summed E-state index contributed by atoms with van der Waals surface area (Å²) in [5.41, 5.74) is 2.22. The molecule has 0 aromatic heterocycles. The fraction of sp³-hybridized carbons (Fsp3) is 0. The second-order valence-corrected chi connectivity index (χ2v) is 1.15. The molecule has 6 heavy (non-hydrogen) atoms. The summed E-state index contributed by atoms with van der Waals surface area (Å²) in [4.78, 5) is 8.23. The Hall–Kier alpha value is -0.410. The summed E-state index contributed by atoms with van der Waals surface area (Å²) in [5.74, 6) is 0. The number of hydroxylamine groups is 1. The molecule has 4 heteroatoms. The van der Waals surface area contributed by atoms with Gasteiger partial charge in [-0.3, -0.25) is 0 Å². The van der Waals surface area contributed by atoms with Crippen LogP contribution < -0.4 is 5.48 Å². The standard InChI is InChI=1S/C2H2ClNO2/c3-2-1-5-6-4-2/h1,4H. The van der Waals surface area contributed by atoms with Crippen LogP contribution in [0.15, 0.2) is 11.4 Å². The molecule has 0 radical (unpaired) electrons. The fourth-order valence-corrected chi connectivity index (χ4v) is 0.222. The zero-order valence-electron chi connectivity index (χ0n) is 2.77. The smallest absolute Gasteiger partial charge is 0.169 e. The monoisotopic (exact) mass is 107 g/mol. The van der Waals surface area contributed by atoms with Crippen molar-refractivity contribution in [3.8, 4) is 0 Å². The number of hydrogen-bond donors (Lipinski definition) is 1. The molecular formula is C2H2ClNO2. The highest BCUT2D eigenvalue weighted by atomic mass is 35.5. The topological polar surface area (TPSA) is 30.5 Å². The third-order valence-corrected chi connectivity index (χ3v) is 0.505. The van der Waals surface area contributed by atoms with Gasteiger partial charge < -0.3 is 4.89 Å². The van der Waals surface area contributed by atoms with Gasteiger partial charge in [-0.1, -0.05) is 16.6 Å². The molecule has 1 heterocycles. The van der Waals surface area contributed by atoms with Gasteiger partial charge in [0.2, 0.25) is 0 Å². The molecule has 0 bridgehead atoms. The SMILES string of the molecule is ClC1=COON1. The van der Waals surface area contributed by atoms with Gasteiger partial charge in [-0.25, -0.2) is 5.48 Å². The van der Waals surface area contributed by atoms with E-state index in [1.807, 2.05) is 0 Å². The lowest BCUT2D eigenvalue weighted by atomic mass is 11.0. The van der Waals surface area contributed by atoms with Gasteiger partial charge in [-0.2, -0.15) is 0 Å². The maximum absolute atomic E-state index is 5.21. The summed E-state index contributed by atoms with van der Waals surface area (Å²) in [7, 11) is 0. The molecule has 0 fully saturated rings. The van der Waals surface area contributed by atoms with Crippen molar-refractivity contribution in [2.24, 2.45) is 0 Å². The van der Waals surface area contributed by atoms with Crippen molar-refractivity contribution in [1.29, 1.82) is 0 Å². The lowest BCUT2D eigenvalue weighted by Gasteiger charge is -1.83. The summed E-state index contributed by atoms with van der Waals surface area (Å²) in [6.45, 7) is 0. The average molecular weight is 107 g/mol. The number of nitrogens with one attached hydrogen (secondary N) is 1. The Kier molecular flexibility index (Phi) is 0.856. The van der Waals surface area contributed by atoms with Crippen LogP contribution in [0.3, 0.4) is 0 Å². The molecule has 1 aliphatic heterocycles. The van der Waals surface area contributed by atoms with E-state index in [0.717, 1.165) is 0 Å². The Morgan fingerprint density at radius 3 is 2.83 bits per heavy atom. The average Bonchev–Trinajstić information content (AvgIpc) is 1.86. The van der Waals surface area contributed by atoms with Crippen LogP contribution in [0.1, 0.15) is 0 Å². The summed E-state index contributed by atoms with van der Waals surface area (Å²) in [5, 5.41) is 0.356. The van der Waals surface area contributed by atoms with E-state index in [-0.39, 0.29) is 0 Å². The molecule has 1 rings (SSSR count). The predicted octanol–water partition coefficient (Wildman–Crippen LogP) is 0.490. The molecule has 0 unspecified atom stereocenters. The highest BCUT2D eigenvalue weighted by Gasteiger charge is 1.97. The maximum atomic E-state index is 5.21. The first-order valence-corrected chi connectivity index (χ1v) is 1.71. The van der Waals surface area contributed by atoms with Gasteiger partial charge in [0, 0.05) is 0 Å². The van der Waals surface area contributed by atoms with Crippen molar-refractivity contribution in [3.05, 3.63) is 11.4 Å². The van der Waals surface area contributed by atoms with E-state index < -0.39 is 0 Å². The van der Waals surface area contributed by atoms with Crippen LogP contribution in [-0.4, -0.2) is 0 Å². The molecule has 0 amide bonds. The van der Waals surface area contributed by atoms with E-state index in [0.29, 0.717) is 5.16 Å². The van der Waals surface area contributed by atoms with Crippen molar-refractivity contribution < 1.29 is 9.88 Å². The summed E-state index contributed by atoms with van der Waals surface area (Å²) >= 11 is 5.21. The molecule has 0 aromatic carbocycles. The minimum absolute atomic E-state index is 0.356. The third kappa shape index (κ3) is 0.555. The maximum Gasteiger partial charge on any atom is 0.169 e. The Morgan fingerprint density at radius 1 is 1.83 bits per heavy atom. The molecule has 0 aromatic rings. The first kappa shape index (κ1) is 3.77. The number of hydrogen-bond acceptors (Lipinski definition) is 3. The van der Waals surface area contributed by atoms with Crippen LogP contribution in [0.2, 0.25) is 0 Å². The van der Waals surface area contributed by atoms with Gasteiger partial charge in [0.1, 0.15) is 0 Å². The highest BCUT2D eigenvalue weighted by molar-refractivity contribution is 6.29. The van der Waals surface area contributed by atoms with Crippen LogP contribution in [0.25, 0.3) is 0 Å². The van der Waals surface area contributed by atoms with Gasteiger partial charge in [-0.15, -0.1) is 0 Å².